The Bertz CT molecular complexity index is 1250. The third-order valence-electron chi connectivity index (χ3n) is 11.1. The Kier molecular flexibility index (Phi) is 49.4. The molecule has 0 spiro atoms. The highest BCUT2D eigenvalue weighted by molar-refractivity contribution is 5.71. The predicted octanol–water partition coefficient (Wildman–Crippen LogP) is 17.6. The van der Waals surface area contributed by atoms with Gasteiger partial charge in [0.05, 0.1) is 0 Å². The van der Waals surface area contributed by atoms with E-state index in [4.69, 9.17) is 14.2 Å². The number of allylic oxidation sites excluding steroid dienone is 14. The topological polar surface area (TPSA) is 78.9 Å². The molecule has 6 nitrogen and oxygen atoms in total. The van der Waals surface area contributed by atoms with E-state index in [0.717, 1.165) is 83.5 Å². The molecule has 0 aromatic heterocycles. The Morgan fingerprint density at radius 2 is 0.625 bits per heavy atom. The van der Waals surface area contributed by atoms with E-state index in [1.54, 1.807) is 0 Å². The van der Waals surface area contributed by atoms with Gasteiger partial charge in [-0.15, -0.1) is 0 Å². The first-order chi connectivity index (χ1) is 31.5. The fraction of sp³-hybridized carbons (Fsp3) is 0.707. The van der Waals surface area contributed by atoms with Crippen LogP contribution in [0.2, 0.25) is 0 Å². The molecule has 0 bridgehead atoms. The molecular formula is C58H98O6. The van der Waals surface area contributed by atoms with Crippen molar-refractivity contribution in [2.45, 2.75) is 252 Å². The van der Waals surface area contributed by atoms with Gasteiger partial charge in [-0.2, -0.15) is 0 Å². The van der Waals surface area contributed by atoms with Crippen molar-refractivity contribution >= 4 is 17.9 Å². The number of ether oxygens (including phenoxy) is 3. The average molecular weight is 891 g/mol. The Morgan fingerprint density at radius 1 is 0.328 bits per heavy atom. The normalized spacial score (nSPS) is 12.7. The first-order valence-corrected chi connectivity index (χ1v) is 26.6. The molecule has 6 heteroatoms. The van der Waals surface area contributed by atoms with Crippen LogP contribution in [0.5, 0.6) is 0 Å². The summed E-state index contributed by atoms with van der Waals surface area (Å²) in [6, 6.07) is 0. The van der Waals surface area contributed by atoms with Gasteiger partial charge in [0.15, 0.2) is 6.10 Å². The third kappa shape index (κ3) is 49.6. The lowest BCUT2D eigenvalue weighted by Gasteiger charge is -2.18. The first kappa shape index (κ1) is 60.6. The van der Waals surface area contributed by atoms with Gasteiger partial charge in [0.25, 0.3) is 0 Å². The van der Waals surface area contributed by atoms with Crippen molar-refractivity contribution in [3.05, 3.63) is 85.1 Å². The van der Waals surface area contributed by atoms with E-state index in [-0.39, 0.29) is 37.5 Å². The molecule has 0 radical (unpaired) electrons. The maximum Gasteiger partial charge on any atom is 0.306 e. The van der Waals surface area contributed by atoms with Gasteiger partial charge in [-0.1, -0.05) is 202 Å². The fourth-order valence-corrected chi connectivity index (χ4v) is 7.11. The van der Waals surface area contributed by atoms with Gasteiger partial charge >= 0.3 is 17.9 Å². The largest absolute Gasteiger partial charge is 0.462 e. The van der Waals surface area contributed by atoms with E-state index in [2.05, 4.69) is 106 Å². The van der Waals surface area contributed by atoms with Gasteiger partial charge in [0.1, 0.15) is 13.2 Å². The molecule has 0 amide bonds. The van der Waals surface area contributed by atoms with Crippen molar-refractivity contribution in [1.82, 2.24) is 0 Å². The van der Waals surface area contributed by atoms with E-state index < -0.39 is 6.10 Å². The Hall–Kier alpha value is -3.41. The van der Waals surface area contributed by atoms with Crippen molar-refractivity contribution in [3.63, 3.8) is 0 Å². The highest BCUT2D eigenvalue weighted by Gasteiger charge is 2.19. The van der Waals surface area contributed by atoms with Crippen LogP contribution in [-0.2, 0) is 28.6 Å². The molecule has 0 aliphatic heterocycles. The number of esters is 3. The minimum absolute atomic E-state index is 0.0997. The van der Waals surface area contributed by atoms with Crippen LogP contribution in [0.15, 0.2) is 85.1 Å². The number of unbranched alkanes of at least 4 members (excludes halogenated alkanes) is 22. The molecule has 0 aliphatic carbocycles. The van der Waals surface area contributed by atoms with Crippen LogP contribution in [0.4, 0.5) is 0 Å². The van der Waals surface area contributed by atoms with Gasteiger partial charge in [0.2, 0.25) is 0 Å². The van der Waals surface area contributed by atoms with Gasteiger partial charge in [-0.25, -0.2) is 0 Å². The Morgan fingerprint density at radius 3 is 1.06 bits per heavy atom. The molecule has 0 fully saturated rings. The van der Waals surface area contributed by atoms with Crippen LogP contribution in [0.3, 0.4) is 0 Å². The molecule has 0 aromatic rings. The van der Waals surface area contributed by atoms with Crippen molar-refractivity contribution in [2.75, 3.05) is 13.2 Å². The summed E-state index contributed by atoms with van der Waals surface area (Å²) in [5, 5.41) is 0. The molecule has 0 aliphatic rings. The number of rotatable bonds is 47. The molecule has 0 N–H and O–H groups in total. The van der Waals surface area contributed by atoms with Crippen LogP contribution in [-0.4, -0.2) is 37.2 Å². The summed E-state index contributed by atoms with van der Waals surface area (Å²) in [6.07, 6.45) is 67.1. The summed E-state index contributed by atoms with van der Waals surface area (Å²) in [5.41, 5.74) is 0. The monoisotopic (exact) mass is 891 g/mol. The number of hydrogen-bond acceptors (Lipinski definition) is 6. The Labute approximate surface area is 395 Å². The van der Waals surface area contributed by atoms with Gasteiger partial charge in [0, 0.05) is 19.3 Å². The van der Waals surface area contributed by atoms with Crippen molar-refractivity contribution in [3.8, 4) is 0 Å². The lowest BCUT2D eigenvalue weighted by Crippen LogP contribution is -2.30. The summed E-state index contributed by atoms with van der Waals surface area (Å²) in [5.74, 6) is -0.970. The zero-order valence-corrected chi connectivity index (χ0v) is 41.8. The quantitative estimate of drug-likeness (QED) is 0.0262. The lowest BCUT2D eigenvalue weighted by molar-refractivity contribution is -0.167. The molecule has 64 heavy (non-hydrogen) atoms. The number of carbonyl (C=O) groups is 3. The van der Waals surface area contributed by atoms with E-state index >= 15 is 0 Å². The Balaban J connectivity index is 4.49. The second kappa shape index (κ2) is 52.2. The number of carbonyl (C=O) groups excluding carboxylic acids is 3. The smallest absolute Gasteiger partial charge is 0.306 e. The first-order valence-electron chi connectivity index (χ1n) is 26.6. The van der Waals surface area contributed by atoms with E-state index in [0.29, 0.717) is 19.3 Å². The predicted molar refractivity (Wildman–Crippen MR) is 274 cm³/mol. The summed E-state index contributed by atoms with van der Waals surface area (Å²) >= 11 is 0. The number of hydrogen-bond donors (Lipinski definition) is 0. The summed E-state index contributed by atoms with van der Waals surface area (Å²) in [6.45, 7) is 6.43. The standard InChI is InChI=1S/C58H98O6/c1-4-7-10-13-16-19-22-25-28-29-31-33-36-39-42-45-48-51-57(60)63-54-55(53-62-56(59)50-47-44-41-38-35-32-27-24-21-18-15-12-9-6-3)64-58(61)52-49-46-43-40-37-34-30-26-23-20-17-14-11-8-5-2/h9,12,16,18-21,23,25,28,31,33,39,42,55H,4-8,10-11,13-15,17,22,24,26-27,29-30,32,34-38,40-41,43-54H2,1-3H3/b12-9-,19-16-,21-18-,23-20-,28-25-,33-31-,42-39-. The van der Waals surface area contributed by atoms with Gasteiger partial charge in [-0.3, -0.25) is 14.4 Å². The van der Waals surface area contributed by atoms with Gasteiger partial charge in [-0.05, 0) is 109 Å². The highest BCUT2D eigenvalue weighted by atomic mass is 16.6. The maximum absolute atomic E-state index is 12.8. The van der Waals surface area contributed by atoms with Crippen LogP contribution in [0, 0.1) is 0 Å². The van der Waals surface area contributed by atoms with Gasteiger partial charge < -0.3 is 14.2 Å². The van der Waals surface area contributed by atoms with E-state index in [1.165, 1.54) is 116 Å². The SMILES string of the molecule is CC/C=C\C/C=C\CCCCCCCCCC(=O)OCC(COC(=O)CCC/C=C\C/C=C\C/C=C\C/C=C\CCCCC)OC(=O)CCCCCCCCC/C=C\CCCCCC. The molecule has 0 saturated carbocycles. The van der Waals surface area contributed by atoms with Crippen molar-refractivity contribution < 1.29 is 28.6 Å². The average Bonchev–Trinajstić information content (AvgIpc) is 3.29. The third-order valence-corrected chi connectivity index (χ3v) is 11.1. The van der Waals surface area contributed by atoms with Crippen molar-refractivity contribution in [2.24, 2.45) is 0 Å². The molecule has 0 heterocycles. The highest BCUT2D eigenvalue weighted by Crippen LogP contribution is 2.14. The molecule has 1 unspecified atom stereocenters. The minimum Gasteiger partial charge on any atom is -0.462 e. The minimum atomic E-state index is -0.804. The van der Waals surface area contributed by atoms with Crippen molar-refractivity contribution in [1.29, 1.82) is 0 Å². The second-order valence-electron chi connectivity index (χ2n) is 17.4. The molecule has 366 valence electrons. The van der Waals surface area contributed by atoms with Crippen LogP contribution < -0.4 is 0 Å². The summed E-state index contributed by atoms with van der Waals surface area (Å²) in [7, 11) is 0. The molecular weight excluding hydrogens is 793 g/mol. The molecule has 1 atom stereocenters. The molecule has 0 rings (SSSR count). The molecule has 0 aromatic carbocycles. The maximum atomic E-state index is 12.8. The van der Waals surface area contributed by atoms with Crippen LogP contribution in [0.25, 0.3) is 0 Å². The summed E-state index contributed by atoms with van der Waals surface area (Å²) in [4.78, 5) is 38.0. The zero-order chi connectivity index (χ0) is 46.5. The summed E-state index contributed by atoms with van der Waals surface area (Å²) < 4.78 is 16.8. The van der Waals surface area contributed by atoms with Crippen LogP contribution in [0.1, 0.15) is 245 Å². The fourth-order valence-electron chi connectivity index (χ4n) is 7.11. The zero-order valence-electron chi connectivity index (χ0n) is 41.8. The molecule has 0 saturated heterocycles. The van der Waals surface area contributed by atoms with E-state index in [9.17, 15) is 14.4 Å². The van der Waals surface area contributed by atoms with Crippen LogP contribution >= 0.6 is 0 Å². The lowest BCUT2D eigenvalue weighted by atomic mass is 10.1. The second-order valence-corrected chi connectivity index (χ2v) is 17.4. The van der Waals surface area contributed by atoms with E-state index in [1.807, 2.05) is 0 Å².